The Hall–Kier alpha value is -2.21. The van der Waals surface area contributed by atoms with E-state index in [4.69, 9.17) is 25.8 Å². The maximum atomic E-state index is 12.1. The Kier molecular flexibility index (Phi) is 5.81. The molecule has 1 fully saturated rings. The predicted molar refractivity (Wildman–Crippen MR) is 92.6 cm³/mol. The molecule has 25 heavy (non-hydrogen) atoms. The van der Waals surface area contributed by atoms with Gasteiger partial charge in [-0.25, -0.2) is 4.79 Å². The van der Waals surface area contributed by atoms with Crippen LogP contribution in [0.3, 0.4) is 0 Å². The Morgan fingerprint density at radius 3 is 2.68 bits per heavy atom. The fourth-order valence-electron chi connectivity index (χ4n) is 2.84. The van der Waals surface area contributed by atoms with E-state index >= 15 is 0 Å². The van der Waals surface area contributed by atoms with Crippen LogP contribution in [-0.4, -0.2) is 43.3 Å². The number of nitrogens with zero attached hydrogens (tertiary/aromatic N) is 1. The van der Waals surface area contributed by atoms with Gasteiger partial charge in [0.1, 0.15) is 0 Å². The normalized spacial score (nSPS) is 16.8. The van der Waals surface area contributed by atoms with Crippen LogP contribution in [0.15, 0.2) is 18.2 Å². The number of carbonyl (C=O) groups is 2. The van der Waals surface area contributed by atoms with E-state index in [2.05, 4.69) is 0 Å². The van der Waals surface area contributed by atoms with Gasteiger partial charge >= 0.3 is 5.97 Å². The van der Waals surface area contributed by atoms with Crippen molar-refractivity contribution in [1.29, 1.82) is 0 Å². The van der Waals surface area contributed by atoms with E-state index in [1.807, 2.05) is 0 Å². The summed E-state index contributed by atoms with van der Waals surface area (Å²) in [6.07, 6.45) is 7.12. The van der Waals surface area contributed by atoms with E-state index < -0.39 is 5.97 Å². The summed E-state index contributed by atoms with van der Waals surface area (Å²) >= 11 is 6.09. The Labute approximate surface area is 151 Å². The van der Waals surface area contributed by atoms with E-state index in [1.165, 1.54) is 6.08 Å². The fraction of sp³-hybridized carbons (Fsp3) is 0.444. The molecule has 134 valence electrons. The standard InChI is InChI=1S/C18H20ClNO5/c19-14-9-13(10-15-18(14)25-12-24-15)5-6-17(22)23-11-16(21)20-7-3-1-2-4-8-20/h5-6,9-10H,1-4,7-8,11-12H2/b6-5+. The topological polar surface area (TPSA) is 65.1 Å². The summed E-state index contributed by atoms with van der Waals surface area (Å²) in [6.45, 7) is 1.37. The van der Waals surface area contributed by atoms with Crippen LogP contribution in [0.25, 0.3) is 6.08 Å². The molecular formula is C18H20ClNO5. The van der Waals surface area contributed by atoms with Crippen molar-refractivity contribution < 1.29 is 23.8 Å². The van der Waals surface area contributed by atoms with Crippen LogP contribution in [0, 0.1) is 0 Å². The smallest absolute Gasteiger partial charge is 0.331 e. The third kappa shape index (κ3) is 4.66. The fourth-order valence-corrected chi connectivity index (χ4v) is 3.11. The van der Waals surface area contributed by atoms with E-state index in [0.717, 1.165) is 38.8 Å². The highest BCUT2D eigenvalue weighted by Gasteiger charge is 2.18. The van der Waals surface area contributed by atoms with Gasteiger partial charge in [-0.15, -0.1) is 0 Å². The zero-order valence-electron chi connectivity index (χ0n) is 13.8. The minimum Gasteiger partial charge on any atom is -0.454 e. The second kappa shape index (κ2) is 8.25. The summed E-state index contributed by atoms with van der Waals surface area (Å²) in [6, 6.07) is 3.39. The summed E-state index contributed by atoms with van der Waals surface area (Å²) in [5, 5.41) is 0.416. The molecule has 0 N–H and O–H groups in total. The number of likely N-dealkylation sites (tertiary alicyclic amines) is 1. The average Bonchev–Trinajstić information content (AvgIpc) is 2.91. The zero-order chi connectivity index (χ0) is 17.6. The van der Waals surface area contributed by atoms with Crippen molar-refractivity contribution >= 4 is 29.6 Å². The molecule has 2 aliphatic rings. The number of ether oxygens (including phenoxy) is 3. The van der Waals surface area contributed by atoms with Gasteiger partial charge < -0.3 is 19.1 Å². The first-order valence-electron chi connectivity index (χ1n) is 8.35. The van der Waals surface area contributed by atoms with Crippen LogP contribution in [0.1, 0.15) is 31.2 Å². The lowest BCUT2D eigenvalue weighted by molar-refractivity contribution is -0.148. The molecule has 7 heteroatoms. The molecule has 0 aromatic heterocycles. The van der Waals surface area contributed by atoms with Gasteiger partial charge in [0, 0.05) is 19.2 Å². The molecule has 0 saturated carbocycles. The number of fused-ring (bicyclic) bond motifs is 1. The molecule has 0 atom stereocenters. The Morgan fingerprint density at radius 1 is 1.16 bits per heavy atom. The van der Waals surface area contributed by atoms with E-state index in [0.29, 0.717) is 22.1 Å². The Balaban J connectivity index is 1.51. The lowest BCUT2D eigenvalue weighted by atomic mass is 10.2. The Morgan fingerprint density at radius 2 is 1.92 bits per heavy atom. The molecule has 1 aromatic carbocycles. The predicted octanol–water partition coefficient (Wildman–Crippen LogP) is 3.03. The first-order valence-corrected chi connectivity index (χ1v) is 8.73. The van der Waals surface area contributed by atoms with Crippen molar-refractivity contribution in [3.8, 4) is 11.5 Å². The first kappa shape index (κ1) is 17.6. The maximum Gasteiger partial charge on any atom is 0.331 e. The highest BCUT2D eigenvalue weighted by atomic mass is 35.5. The molecule has 2 aliphatic heterocycles. The number of rotatable bonds is 4. The molecule has 2 heterocycles. The van der Waals surface area contributed by atoms with E-state index in [9.17, 15) is 9.59 Å². The van der Waals surface area contributed by atoms with Gasteiger partial charge in [0.25, 0.3) is 5.91 Å². The minimum atomic E-state index is -0.572. The van der Waals surface area contributed by atoms with Gasteiger partial charge in [0.05, 0.1) is 5.02 Å². The highest BCUT2D eigenvalue weighted by Crippen LogP contribution is 2.40. The molecule has 1 aromatic rings. The number of hydrogen-bond donors (Lipinski definition) is 0. The highest BCUT2D eigenvalue weighted by molar-refractivity contribution is 6.32. The van der Waals surface area contributed by atoms with Crippen molar-refractivity contribution in [2.24, 2.45) is 0 Å². The van der Waals surface area contributed by atoms with Crippen LogP contribution >= 0.6 is 11.6 Å². The summed E-state index contributed by atoms with van der Waals surface area (Å²) in [7, 11) is 0. The minimum absolute atomic E-state index is 0.128. The zero-order valence-corrected chi connectivity index (χ0v) is 14.6. The lowest BCUT2D eigenvalue weighted by Gasteiger charge is -2.19. The summed E-state index contributed by atoms with van der Waals surface area (Å²) in [5.41, 5.74) is 0.685. The van der Waals surface area contributed by atoms with Crippen molar-refractivity contribution in [3.05, 3.63) is 28.8 Å². The first-order chi connectivity index (χ1) is 12.1. The largest absolute Gasteiger partial charge is 0.454 e. The number of carbonyl (C=O) groups excluding carboxylic acids is 2. The van der Waals surface area contributed by atoms with Crippen LogP contribution in [0.4, 0.5) is 0 Å². The molecule has 1 amide bonds. The van der Waals surface area contributed by atoms with E-state index in [1.54, 1.807) is 23.1 Å². The number of esters is 1. The number of benzene rings is 1. The molecule has 1 saturated heterocycles. The Bertz CT molecular complexity index is 680. The van der Waals surface area contributed by atoms with Gasteiger partial charge in [-0.05, 0) is 36.6 Å². The molecule has 0 aliphatic carbocycles. The summed E-state index contributed by atoms with van der Waals surface area (Å²) < 4.78 is 15.5. The van der Waals surface area contributed by atoms with Gasteiger partial charge in [-0.1, -0.05) is 24.4 Å². The molecular weight excluding hydrogens is 346 g/mol. The van der Waals surface area contributed by atoms with Gasteiger partial charge in [-0.2, -0.15) is 0 Å². The SMILES string of the molecule is O=C(/C=C/c1cc(Cl)c2c(c1)OCO2)OCC(=O)N1CCCCCC1. The monoisotopic (exact) mass is 365 g/mol. The maximum absolute atomic E-state index is 12.1. The van der Waals surface area contributed by atoms with Crippen LogP contribution < -0.4 is 9.47 Å². The molecule has 0 unspecified atom stereocenters. The number of amides is 1. The quantitative estimate of drug-likeness (QED) is 0.606. The van der Waals surface area contributed by atoms with Crippen molar-refractivity contribution in [2.75, 3.05) is 26.5 Å². The molecule has 0 bridgehead atoms. The third-order valence-corrected chi connectivity index (χ3v) is 4.44. The van der Waals surface area contributed by atoms with E-state index in [-0.39, 0.29) is 19.3 Å². The third-order valence-electron chi connectivity index (χ3n) is 4.16. The summed E-state index contributed by atoms with van der Waals surface area (Å²) in [5.74, 6) is 0.327. The molecule has 6 nitrogen and oxygen atoms in total. The van der Waals surface area contributed by atoms with Crippen molar-refractivity contribution in [1.82, 2.24) is 4.90 Å². The summed E-state index contributed by atoms with van der Waals surface area (Å²) in [4.78, 5) is 25.7. The van der Waals surface area contributed by atoms with Gasteiger partial charge in [-0.3, -0.25) is 4.79 Å². The number of halogens is 1. The van der Waals surface area contributed by atoms with Crippen LogP contribution in [0.5, 0.6) is 11.5 Å². The number of hydrogen-bond acceptors (Lipinski definition) is 5. The van der Waals surface area contributed by atoms with Gasteiger partial charge in [0.2, 0.25) is 6.79 Å². The molecule has 0 radical (unpaired) electrons. The van der Waals surface area contributed by atoms with Crippen molar-refractivity contribution in [2.45, 2.75) is 25.7 Å². The average molecular weight is 366 g/mol. The lowest BCUT2D eigenvalue weighted by Crippen LogP contribution is -2.35. The second-order valence-corrected chi connectivity index (χ2v) is 6.38. The molecule has 0 spiro atoms. The second-order valence-electron chi connectivity index (χ2n) is 5.97. The van der Waals surface area contributed by atoms with Gasteiger partial charge in [0.15, 0.2) is 18.1 Å². The molecule has 3 rings (SSSR count). The van der Waals surface area contributed by atoms with Crippen LogP contribution in [0.2, 0.25) is 5.02 Å². The van der Waals surface area contributed by atoms with Crippen LogP contribution in [-0.2, 0) is 14.3 Å². The van der Waals surface area contributed by atoms with Crippen molar-refractivity contribution in [3.63, 3.8) is 0 Å².